The molecule has 2 N–H and O–H groups in total. The van der Waals surface area contributed by atoms with E-state index in [1.807, 2.05) is 19.1 Å². The molecule has 1 nitrogen and oxygen atoms in total. The average Bonchev–Trinajstić information content (AvgIpc) is 2.39. The topological polar surface area (TPSA) is 26.0 Å². The van der Waals surface area contributed by atoms with Gasteiger partial charge in [-0.3, -0.25) is 0 Å². The molecule has 0 saturated heterocycles. The summed E-state index contributed by atoms with van der Waals surface area (Å²) in [6.45, 7) is 1.87. The first-order valence-electron chi connectivity index (χ1n) is 5.78. The molecular weight excluding hydrogens is 249 g/mol. The van der Waals surface area contributed by atoms with E-state index in [1.54, 1.807) is 36.4 Å². The Kier molecular flexibility index (Phi) is 3.69. The highest BCUT2D eigenvalue weighted by atomic mass is 35.5. The van der Waals surface area contributed by atoms with Gasteiger partial charge in [0.15, 0.2) is 5.67 Å². The third-order valence-electron chi connectivity index (χ3n) is 3.09. The summed E-state index contributed by atoms with van der Waals surface area (Å²) in [5.74, 6) is 0. The Labute approximate surface area is 111 Å². The molecule has 1 unspecified atom stereocenters. The Morgan fingerprint density at radius 1 is 1.00 bits per heavy atom. The molecule has 0 bridgehead atoms. The highest BCUT2D eigenvalue weighted by Gasteiger charge is 2.32. The number of alkyl halides is 1. The minimum Gasteiger partial charge on any atom is -0.327 e. The third kappa shape index (κ3) is 2.40. The van der Waals surface area contributed by atoms with Crippen LogP contribution in [0.4, 0.5) is 4.39 Å². The van der Waals surface area contributed by atoms with E-state index in [0.29, 0.717) is 16.1 Å². The van der Waals surface area contributed by atoms with Gasteiger partial charge in [-0.25, -0.2) is 4.39 Å². The van der Waals surface area contributed by atoms with Gasteiger partial charge in [-0.1, -0.05) is 53.6 Å². The molecule has 1 atom stereocenters. The third-order valence-corrected chi connectivity index (χ3v) is 3.34. The lowest BCUT2D eigenvalue weighted by Gasteiger charge is -2.25. The fourth-order valence-electron chi connectivity index (χ4n) is 1.93. The summed E-state index contributed by atoms with van der Waals surface area (Å²) in [7, 11) is 0. The predicted molar refractivity (Wildman–Crippen MR) is 73.6 cm³/mol. The Morgan fingerprint density at radius 2 is 1.44 bits per heavy atom. The zero-order valence-electron chi connectivity index (χ0n) is 10.2. The summed E-state index contributed by atoms with van der Waals surface area (Å²) >= 11 is 5.82. The quantitative estimate of drug-likeness (QED) is 0.895. The van der Waals surface area contributed by atoms with Crippen LogP contribution in [0, 0.1) is 6.92 Å². The normalized spacial score (nSPS) is 14.2. The lowest BCUT2D eigenvalue weighted by molar-refractivity contribution is 0.232. The zero-order valence-corrected chi connectivity index (χ0v) is 10.9. The SMILES string of the molecule is Cc1ccc(C(F)(CN)c2ccc(Cl)cc2)cc1. The molecule has 2 rings (SSSR count). The van der Waals surface area contributed by atoms with E-state index >= 15 is 4.39 Å². The highest BCUT2D eigenvalue weighted by Crippen LogP contribution is 2.33. The predicted octanol–water partition coefficient (Wildman–Crippen LogP) is 3.82. The minimum absolute atomic E-state index is 0.0995. The molecule has 0 aliphatic heterocycles. The van der Waals surface area contributed by atoms with Crippen LogP contribution in [0.2, 0.25) is 5.02 Å². The van der Waals surface area contributed by atoms with Gasteiger partial charge in [0.1, 0.15) is 0 Å². The Morgan fingerprint density at radius 3 is 1.89 bits per heavy atom. The summed E-state index contributed by atoms with van der Waals surface area (Å²) in [4.78, 5) is 0. The summed E-state index contributed by atoms with van der Waals surface area (Å²) < 4.78 is 15.1. The summed E-state index contributed by atoms with van der Waals surface area (Å²) in [6.07, 6.45) is 0. The first-order valence-corrected chi connectivity index (χ1v) is 6.16. The van der Waals surface area contributed by atoms with Gasteiger partial charge < -0.3 is 5.73 Å². The molecule has 0 saturated carbocycles. The van der Waals surface area contributed by atoms with Gasteiger partial charge in [-0.05, 0) is 30.2 Å². The van der Waals surface area contributed by atoms with Crippen molar-refractivity contribution in [3.8, 4) is 0 Å². The van der Waals surface area contributed by atoms with Gasteiger partial charge >= 0.3 is 0 Å². The van der Waals surface area contributed by atoms with E-state index in [9.17, 15) is 0 Å². The maximum atomic E-state index is 15.1. The average molecular weight is 264 g/mol. The number of hydrogen-bond acceptors (Lipinski definition) is 1. The fourth-order valence-corrected chi connectivity index (χ4v) is 2.06. The lowest BCUT2D eigenvalue weighted by Crippen LogP contribution is -2.31. The first-order chi connectivity index (χ1) is 8.56. The molecule has 0 radical (unpaired) electrons. The summed E-state index contributed by atoms with van der Waals surface area (Å²) in [5.41, 5.74) is 6.16. The van der Waals surface area contributed by atoms with Crippen LogP contribution in [0.25, 0.3) is 0 Å². The number of halogens is 2. The molecule has 0 aromatic heterocycles. The molecule has 0 amide bonds. The molecule has 0 aliphatic carbocycles. The number of hydrogen-bond donors (Lipinski definition) is 1. The van der Waals surface area contributed by atoms with Crippen molar-refractivity contribution in [3.63, 3.8) is 0 Å². The van der Waals surface area contributed by atoms with Gasteiger partial charge in [-0.15, -0.1) is 0 Å². The second kappa shape index (κ2) is 5.09. The van der Waals surface area contributed by atoms with E-state index in [0.717, 1.165) is 5.56 Å². The van der Waals surface area contributed by atoms with E-state index < -0.39 is 5.67 Å². The maximum Gasteiger partial charge on any atom is 0.173 e. The van der Waals surface area contributed by atoms with Crippen molar-refractivity contribution in [1.82, 2.24) is 0 Å². The molecule has 94 valence electrons. The number of aryl methyl sites for hydroxylation is 1. The molecule has 0 spiro atoms. The van der Waals surface area contributed by atoms with E-state index in [4.69, 9.17) is 17.3 Å². The monoisotopic (exact) mass is 263 g/mol. The molecule has 2 aromatic carbocycles. The molecule has 0 aliphatic rings. The van der Waals surface area contributed by atoms with Gasteiger partial charge in [0.05, 0.1) is 0 Å². The van der Waals surface area contributed by atoms with Crippen LogP contribution < -0.4 is 5.73 Å². The van der Waals surface area contributed by atoms with Crippen LogP contribution in [0.15, 0.2) is 48.5 Å². The van der Waals surface area contributed by atoms with Crippen LogP contribution in [0.5, 0.6) is 0 Å². The van der Waals surface area contributed by atoms with Gasteiger partial charge in [0.25, 0.3) is 0 Å². The number of nitrogens with two attached hydrogens (primary N) is 1. The molecule has 3 heteroatoms. The van der Waals surface area contributed by atoms with Gasteiger partial charge in [-0.2, -0.15) is 0 Å². The molecular formula is C15H15ClFN. The fraction of sp³-hybridized carbons (Fsp3) is 0.200. The molecule has 0 heterocycles. The summed E-state index contributed by atoms with van der Waals surface area (Å²) in [5, 5.41) is 0.585. The number of rotatable bonds is 3. The minimum atomic E-state index is -1.67. The van der Waals surface area contributed by atoms with Crippen molar-refractivity contribution < 1.29 is 4.39 Å². The Hall–Kier alpha value is -1.38. The van der Waals surface area contributed by atoms with Crippen LogP contribution in [-0.2, 0) is 5.67 Å². The van der Waals surface area contributed by atoms with Gasteiger partial charge in [0, 0.05) is 11.6 Å². The van der Waals surface area contributed by atoms with Crippen LogP contribution in [0.3, 0.4) is 0 Å². The van der Waals surface area contributed by atoms with Gasteiger partial charge in [0.2, 0.25) is 0 Å². The smallest absolute Gasteiger partial charge is 0.173 e. The second-order valence-corrected chi connectivity index (χ2v) is 4.81. The van der Waals surface area contributed by atoms with Crippen molar-refractivity contribution in [1.29, 1.82) is 0 Å². The van der Waals surface area contributed by atoms with E-state index in [1.165, 1.54) is 0 Å². The molecule has 2 aromatic rings. The number of benzene rings is 2. The van der Waals surface area contributed by atoms with Crippen molar-refractivity contribution in [2.24, 2.45) is 5.73 Å². The largest absolute Gasteiger partial charge is 0.327 e. The van der Waals surface area contributed by atoms with Crippen molar-refractivity contribution in [2.45, 2.75) is 12.6 Å². The summed E-state index contributed by atoms with van der Waals surface area (Å²) in [6, 6.07) is 14.0. The van der Waals surface area contributed by atoms with Crippen molar-refractivity contribution >= 4 is 11.6 Å². The van der Waals surface area contributed by atoms with Crippen molar-refractivity contribution in [2.75, 3.05) is 6.54 Å². The highest BCUT2D eigenvalue weighted by molar-refractivity contribution is 6.30. The van der Waals surface area contributed by atoms with Crippen LogP contribution in [0.1, 0.15) is 16.7 Å². The molecule has 18 heavy (non-hydrogen) atoms. The van der Waals surface area contributed by atoms with E-state index in [-0.39, 0.29) is 6.54 Å². The van der Waals surface area contributed by atoms with Crippen molar-refractivity contribution in [3.05, 3.63) is 70.2 Å². The zero-order chi connectivity index (χ0) is 13.2. The van der Waals surface area contributed by atoms with Crippen LogP contribution >= 0.6 is 11.6 Å². The maximum absolute atomic E-state index is 15.1. The standard InChI is InChI=1S/C15H15ClFN/c1-11-2-4-12(5-3-11)15(17,10-18)13-6-8-14(16)9-7-13/h2-9H,10,18H2,1H3. The second-order valence-electron chi connectivity index (χ2n) is 4.38. The first kappa shape index (κ1) is 13.1. The van der Waals surface area contributed by atoms with E-state index in [2.05, 4.69) is 0 Å². The van der Waals surface area contributed by atoms with Crippen LogP contribution in [-0.4, -0.2) is 6.54 Å². The Balaban J connectivity index is 2.47. The lowest BCUT2D eigenvalue weighted by atomic mass is 9.88. The Bertz CT molecular complexity index is 474. The molecule has 0 fully saturated rings.